The monoisotopic (exact) mass is 393 g/mol. The summed E-state index contributed by atoms with van der Waals surface area (Å²) in [6.45, 7) is 3.10. The molecule has 4 heterocycles. The van der Waals surface area contributed by atoms with Crippen molar-refractivity contribution in [2.75, 3.05) is 0 Å². The first kappa shape index (κ1) is 18.0. The van der Waals surface area contributed by atoms with Gasteiger partial charge in [-0.15, -0.1) is 0 Å². The zero-order valence-electron chi connectivity index (χ0n) is 16.1. The number of fused-ring (bicyclic) bond motifs is 1. The van der Waals surface area contributed by atoms with Crippen LogP contribution in [0.4, 0.5) is 8.78 Å². The zero-order chi connectivity index (χ0) is 20.0. The number of rotatable bonds is 4. The number of nitrogens with zero attached hydrogens (tertiary/aromatic N) is 5. The topological polar surface area (TPSA) is 48.0 Å². The van der Waals surface area contributed by atoms with Gasteiger partial charge in [0.05, 0.1) is 11.9 Å². The molecule has 0 atom stereocenters. The van der Waals surface area contributed by atoms with Crippen LogP contribution in [0.3, 0.4) is 0 Å². The van der Waals surface area contributed by atoms with Crippen LogP contribution in [0.2, 0.25) is 0 Å². The van der Waals surface area contributed by atoms with Crippen molar-refractivity contribution >= 4 is 5.65 Å². The first-order chi connectivity index (χ1) is 14.0. The predicted molar refractivity (Wildman–Crippen MR) is 106 cm³/mol. The lowest BCUT2D eigenvalue weighted by atomic mass is 9.89. The Bertz CT molecular complexity index is 1190. The summed E-state index contributed by atoms with van der Waals surface area (Å²) in [4.78, 5) is 8.19. The van der Waals surface area contributed by atoms with Crippen LogP contribution in [0.25, 0.3) is 28.0 Å². The summed E-state index contributed by atoms with van der Waals surface area (Å²) in [5.41, 5.74) is 3.24. The lowest BCUT2D eigenvalue weighted by Gasteiger charge is -2.22. The second-order valence-electron chi connectivity index (χ2n) is 8.21. The molecular formula is C22H21F2N5. The van der Waals surface area contributed by atoms with E-state index in [2.05, 4.69) is 22.0 Å². The maximum absolute atomic E-state index is 14.1. The minimum Gasteiger partial charge on any atom is -0.307 e. The highest BCUT2D eigenvalue weighted by Crippen LogP contribution is 2.39. The van der Waals surface area contributed by atoms with E-state index < -0.39 is 11.8 Å². The quantitative estimate of drug-likeness (QED) is 0.452. The second-order valence-corrected chi connectivity index (χ2v) is 8.21. The van der Waals surface area contributed by atoms with Gasteiger partial charge in [0.25, 0.3) is 0 Å². The average Bonchev–Trinajstić information content (AvgIpc) is 3.44. The molecule has 0 amide bonds. The van der Waals surface area contributed by atoms with Crippen LogP contribution >= 0.6 is 0 Å². The van der Waals surface area contributed by atoms with Crippen molar-refractivity contribution in [1.82, 2.24) is 24.1 Å². The lowest BCUT2D eigenvalue weighted by molar-refractivity contribution is 0.268. The van der Waals surface area contributed by atoms with Crippen LogP contribution in [0.1, 0.15) is 32.6 Å². The van der Waals surface area contributed by atoms with Crippen molar-refractivity contribution < 1.29 is 8.78 Å². The van der Waals surface area contributed by atoms with Crippen molar-refractivity contribution in [1.29, 1.82) is 0 Å². The molecule has 4 aromatic heterocycles. The highest BCUT2D eigenvalue weighted by atomic mass is 19.2. The van der Waals surface area contributed by atoms with Gasteiger partial charge in [-0.3, -0.25) is 4.68 Å². The number of hydrogen-bond acceptors (Lipinski definition) is 3. The van der Waals surface area contributed by atoms with Gasteiger partial charge in [0.2, 0.25) is 5.95 Å². The Hall–Kier alpha value is -3.09. The first-order valence-corrected chi connectivity index (χ1v) is 9.83. The molecular weight excluding hydrogens is 372 g/mol. The molecule has 5 rings (SSSR count). The average molecular weight is 393 g/mol. The first-order valence-electron chi connectivity index (χ1n) is 9.83. The number of halogens is 2. The van der Waals surface area contributed by atoms with Crippen LogP contribution in [0, 0.1) is 17.2 Å². The Kier molecular flexibility index (Phi) is 4.19. The third-order valence-electron chi connectivity index (χ3n) is 5.90. The molecule has 0 bridgehead atoms. The van der Waals surface area contributed by atoms with Crippen LogP contribution in [-0.4, -0.2) is 24.1 Å². The fourth-order valence-corrected chi connectivity index (χ4v) is 4.33. The van der Waals surface area contributed by atoms with Gasteiger partial charge in [-0.2, -0.15) is 9.49 Å². The molecule has 0 N–H and O–H groups in total. The third-order valence-corrected chi connectivity index (χ3v) is 5.90. The summed E-state index contributed by atoms with van der Waals surface area (Å²) in [6, 6.07) is 4.83. The maximum Gasteiger partial charge on any atom is 0.249 e. The van der Waals surface area contributed by atoms with Crippen molar-refractivity contribution in [3.05, 3.63) is 60.9 Å². The summed E-state index contributed by atoms with van der Waals surface area (Å²) < 4.78 is 31.8. The largest absolute Gasteiger partial charge is 0.307 e. The summed E-state index contributed by atoms with van der Waals surface area (Å²) in [5.74, 6) is -2.08. The Labute approximate surface area is 167 Å². The Morgan fingerprint density at radius 2 is 1.93 bits per heavy atom. The molecule has 0 saturated heterocycles. The molecule has 1 fully saturated rings. The number of pyridine rings is 2. The minimum absolute atomic E-state index is 0.240. The molecule has 0 unspecified atom stereocenters. The Morgan fingerprint density at radius 3 is 2.76 bits per heavy atom. The van der Waals surface area contributed by atoms with Crippen LogP contribution in [-0.2, 0) is 6.54 Å². The maximum atomic E-state index is 14.1. The number of aromatic nitrogens is 5. The van der Waals surface area contributed by atoms with Crippen molar-refractivity contribution in [2.45, 2.75) is 39.2 Å². The van der Waals surface area contributed by atoms with Gasteiger partial charge in [0, 0.05) is 48.0 Å². The van der Waals surface area contributed by atoms with E-state index in [4.69, 9.17) is 0 Å². The molecule has 0 aliphatic heterocycles. The highest BCUT2D eigenvalue weighted by Gasteiger charge is 2.29. The van der Waals surface area contributed by atoms with E-state index in [-0.39, 0.29) is 5.41 Å². The number of hydrogen-bond donors (Lipinski definition) is 0. The van der Waals surface area contributed by atoms with E-state index in [1.54, 1.807) is 12.4 Å². The fraction of sp³-hybridized carbons (Fsp3) is 0.318. The normalized spacial score (nSPS) is 16.0. The van der Waals surface area contributed by atoms with Gasteiger partial charge in [0.15, 0.2) is 5.82 Å². The minimum atomic E-state index is -1.11. The Morgan fingerprint density at radius 1 is 1.10 bits per heavy atom. The SMILES string of the molecule is CC1(Cn2cc(-c3cc(F)c(F)nc3-c3ccn4ccnc4c3)cn2)CCCC1. The third kappa shape index (κ3) is 3.30. The molecule has 4 aromatic rings. The molecule has 148 valence electrons. The highest BCUT2D eigenvalue weighted by molar-refractivity contribution is 5.81. The summed E-state index contributed by atoms with van der Waals surface area (Å²) in [5, 5.41) is 4.49. The molecule has 1 aliphatic carbocycles. The van der Waals surface area contributed by atoms with E-state index in [1.165, 1.54) is 31.7 Å². The van der Waals surface area contributed by atoms with Gasteiger partial charge in [-0.05, 0) is 36.5 Å². The van der Waals surface area contributed by atoms with Gasteiger partial charge in [-0.1, -0.05) is 19.8 Å². The van der Waals surface area contributed by atoms with E-state index in [9.17, 15) is 8.78 Å². The smallest absolute Gasteiger partial charge is 0.249 e. The second kappa shape index (κ2) is 6.76. The van der Waals surface area contributed by atoms with E-state index in [1.807, 2.05) is 39.8 Å². The van der Waals surface area contributed by atoms with Crippen molar-refractivity contribution in [2.24, 2.45) is 5.41 Å². The molecule has 5 nitrogen and oxygen atoms in total. The lowest BCUT2D eigenvalue weighted by Crippen LogP contribution is -2.19. The van der Waals surface area contributed by atoms with Crippen molar-refractivity contribution in [3.63, 3.8) is 0 Å². The van der Waals surface area contributed by atoms with Crippen LogP contribution < -0.4 is 0 Å². The van der Waals surface area contributed by atoms with Gasteiger partial charge in [0.1, 0.15) is 5.65 Å². The van der Waals surface area contributed by atoms with Crippen molar-refractivity contribution in [3.8, 4) is 22.4 Å². The fourth-order valence-electron chi connectivity index (χ4n) is 4.33. The van der Waals surface area contributed by atoms with Gasteiger partial charge >= 0.3 is 0 Å². The molecule has 1 saturated carbocycles. The standard InChI is InChI=1S/C22H21F2N5/c1-22(5-2-3-6-22)14-29-13-16(12-26-29)17-11-18(23)21(24)27-20(17)15-4-8-28-9-7-25-19(28)10-15/h4,7-13H,2-3,5-6,14H2,1H3. The van der Waals surface area contributed by atoms with Gasteiger partial charge < -0.3 is 4.40 Å². The predicted octanol–water partition coefficient (Wildman–Crippen LogP) is 5.12. The Balaban J connectivity index is 1.57. The molecule has 1 aliphatic rings. The summed E-state index contributed by atoms with van der Waals surface area (Å²) >= 11 is 0. The van der Waals surface area contributed by atoms with E-state index in [0.29, 0.717) is 22.5 Å². The zero-order valence-corrected chi connectivity index (χ0v) is 16.1. The van der Waals surface area contributed by atoms with E-state index >= 15 is 0 Å². The molecule has 29 heavy (non-hydrogen) atoms. The summed E-state index contributed by atoms with van der Waals surface area (Å²) in [6.07, 6.45) is 13.8. The number of imidazole rings is 1. The van der Waals surface area contributed by atoms with E-state index in [0.717, 1.165) is 12.1 Å². The van der Waals surface area contributed by atoms with Crippen LogP contribution in [0.15, 0.2) is 49.2 Å². The molecule has 0 spiro atoms. The van der Waals surface area contributed by atoms with Gasteiger partial charge in [-0.25, -0.2) is 14.4 Å². The molecule has 7 heteroatoms. The van der Waals surface area contributed by atoms with Crippen LogP contribution in [0.5, 0.6) is 0 Å². The molecule has 0 aromatic carbocycles. The molecule has 0 radical (unpaired) electrons. The summed E-state index contributed by atoms with van der Waals surface area (Å²) in [7, 11) is 0.